The second-order valence-corrected chi connectivity index (χ2v) is 8.65. The average molecular weight is 374 g/mol. The van der Waals surface area contributed by atoms with Crippen LogP contribution in [0.2, 0.25) is 0 Å². The Labute approximate surface area is 153 Å². The van der Waals surface area contributed by atoms with E-state index in [0.717, 1.165) is 0 Å². The molecule has 0 radical (unpaired) electrons. The highest BCUT2D eigenvalue weighted by Crippen LogP contribution is 2.18. The molecule has 0 spiro atoms. The summed E-state index contributed by atoms with van der Waals surface area (Å²) >= 11 is 0. The van der Waals surface area contributed by atoms with Gasteiger partial charge in [-0.05, 0) is 64.1 Å². The van der Waals surface area contributed by atoms with E-state index in [1.807, 2.05) is 20.8 Å². The first-order chi connectivity index (χ1) is 12.0. The van der Waals surface area contributed by atoms with Gasteiger partial charge in [0.25, 0.3) is 15.9 Å². The van der Waals surface area contributed by atoms with Gasteiger partial charge in [0.05, 0.1) is 4.90 Å². The molecule has 2 rings (SSSR count). The van der Waals surface area contributed by atoms with Gasteiger partial charge in [-0.3, -0.25) is 14.3 Å². The molecule has 2 aromatic rings. The topological polar surface area (TPSA) is 92.3 Å². The largest absolute Gasteiger partial charge is 0.347 e. The molecule has 2 aromatic carbocycles. The Bertz CT molecular complexity index is 927. The maximum atomic E-state index is 12.5. The van der Waals surface area contributed by atoms with Gasteiger partial charge >= 0.3 is 0 Å². The molecule has 26 heavy (non-hydrogen) atoms. The SMILES string of the molecule is CC(=O)c1cccc(NS(=O)(=O)c2ccc(C(=O)NC(C)(C)C)cc2)c1. The van der Waals surface area contributed by atoms with E-state index in [9.17, 15) is 18.0 Å². The molecule has 0 unspecified atom stereocenters. The Balaban J connectivity index is 2.20. The fraction of sp³-hybridized carbons (Fsp3) is 0.263. The van der Waals surface area contributed by atoms with Crippen LogP contribution in [0, 0.1) is 0 Å². The Hall–Kier alpha value is -2.67. The molecule has 0 bridgehead atoms. The summed E-state index contributed by atoms with van der Waals surface area (Å²) in [6.45, 7) is 7.00. The number of carbonyl (C=O) groups excluding carboxylic acids is 2. The third kappa shape index (κ3) is 5.16. The number of Topliss-reactive ketones (excluding diaryl/α,β-unsaturated/α-hetero) is 1. The third-order valence-electron chi connectivity index (χ3n) is 3.44. The Kier molecular flexibility index (Phi) is 5.51. The van der Waals surface area contributed by atoms with Gasteiger partial charge in [-0.1, -0.05) is 12.1 Å². The van der Waals surface area contributed by atoms with Crippen LogP contribution in [-0.2, 0) is 10.0 Å². The van der Waals surface area contributed by atoms with Crippen LogP contribution in [0.1, 0.15) is 48.4 Å². The van der Waals surface area contributed by atoms with E-state index in [1.165, 1.54) is 37.3 Å². The lowest BCUT2D eigenvalue weighted by molar-refractivity contribution is 0.0918. The van der Waals surface area contributed by atoms with Gasteiger partial charge < -0.3 is 5.32 Å². The van der Waals surface area contributed by atoms with Crippen LogP contribution in [0.25, 0.3) is 0 Å². The first kappa shape index (κ1) is 19.7. The zero-order valence-electron chi connectivity index (χ0n) is 15.2. The minimum atomic E-state index is -3.83. The van der Waals surface area contributed by atoms with E-state index in [2.05, 4.69) is 10.0 Å². The van der Waals surface area contributed by atoms with Crippen molar-refractivity contribution in [2.75, 3.05) is 4.72 Å². The van der Waals surface area contributed by atoms with Gasteiger partial charge in [0.15, 0.2) is 5.78 Å². The van der Waals surface area contributed by atoms with Crippen LogP contribution < -0.4 is 10.0 Å². The average Bonchev–Trinajstić information content (AvgIpc) is 2.53. The molecule has 0 aliphatic carbocycles. The van der Waals surface area contributed by atoms with Crippen molar-refractivity contribution in [3.8, 4) is 0 Å². The van der Waals surface area contributed by atoms with Crippen molar-refractivity contribution in [3.05, 3.63) is 59.7 Å². The van der Waals surface area contributed by atoms with Crippen LogP contribution in [0.15, 0.2) is 53.4 Å². The van der Waals surface area contributed by atoms with Crippen molar-refractivity contribution < 1.29 is 18.0 Å². The van der Waals surface area contributed by atoms with E-state index in [1.54, 1.807) is 18.2 Å². The normalized spacial score (nSPS) is 11.7. The van der Waals surface area contributed by atoms with Gasteiger partial charge in [-0.25, -0.2) is 8.42 Å². The van der Waals surface area contributed by atoms with Crippen molar-refractivity contribution in [3.63, 3.8) is 0 Å². The summed E-state index contributed by atoms with van der Waals surface area (Å²) in [5, 5.41) is 2.81. The molecule has 0 aromatic heterocycles. The summed E-state index contributed by atoms with van der Waals surface area (Å²) in [5.74, 6) is -0.427. The zero-order chi connectivity index (χ0) is 19.5. The summed E-state index contributed by atoms with van der Waals surface area (Å²) in [6.07, 6.45) is 0. The third-order valence-corrected chi connectivity index (χ3v) is 4.83. The summed E-state index contributed by atoms with van der Waals surface area (Å²) in [5.41, 5.74) is 0.703. The van der Waals surface area contributed by atoms with Gasteiger partial charge in [0, 0.05) is 22.4 Å². The lowest BCUT2D eigenvalue weighted by Gasteiger charge is -2.20. The van der Waals surface area contributed by atoms with Crippen molar-refractivity contribution in [1.29, 1.82) is 0 Å². The Morgan fingerprint density at radius 1 is 0.923 bits per heavy atom. The predicted octanol–water partition coefficient (Wildman–Crippen LogP) is 3.22. The van der Waals surface area contributed by atoms with Crippen molar-refractivity contribution in [1.82, 2.24) is 5.32 Å². The van der Waals surface area contributed by atoms with Gasteiger partial charge in [-0.2, -0.15) is 0 Å². The minimum Gasteiger partial charge on any atom is -0.347 e. The van der Waals surface area contributed by atoms with Crippen molar-refractivity contribution in [2.45, 2.75) is 38.1 Å². The summed E-state index contributed by atoms with van der Waals surface area (Å²) in [7, 11) is -3.83. The molecule has 0 saturated heterocycles. The molecule has 0 fully saturated rings. The summed E-state index contributed by atoms with van der Waals surface area (Å²) < 4.78 is 27.4. The molecule has 0 heterocycles. The number of ketones is 1. The number of hydrogen-bond donors (Lipinski definition) is 2. The fourth-order valence-electron chi connectivity index (χ4n) is 2.21. The monoisotopic (exact) mass is 374 g/mol. The number of hydrogen-bond acceptors (Lipinski definition) is 4. The molecule has 138 valence electrons. The zero-order valence-corrected chi connectivity index (χ0v) is 16.0. The number of rotatable bonds is 5. The maximum Gasteiger partial charge on any atom is 0.261 e. The minimum absolute atomic E-state index is 0.0260. The Morgan fingerprint density at radius 3 is 2.08 bits per heavy atom. The number of anilines is 1. The fourth-order valence-corrected chi connectivity index (χ4v) is 3.26. The molecule has 0 aliphatic rings. The number of nitrogens with one attached hydrogen (secondary N) is 2. The predicted molar refractivity (Wildman–Crippen MR) is 101 cm³/mol. The first-order valence-electron chi connectivity index (χ1n) is 8.04. The second-order valence-electron chi connectivity index (χ2n) is 6.97. The van der Waals surface area contributed by atoms with Crippen LogP contribution >= 0.6 is 0 Å². The van der Waals surface area contributed by atoms with Gasteiger partial charge in [0.1, 0.15) is 0 Å². The highest BCUT2D eigenvalue weighted by molar-refractivity contribution is 7.92. The van der Waals surface area contributed by atoms with E-state index >= 15 is 0 Å². The Morgan fingerprint density at radius 2 is 1.54 bits per heavy atom. The van der Waals surface area contributed by atoms with Crippen LogP contribution in [0.5, 0.6) is 0 Å². The first-order valence-corrected chi connectivity index (χ1v) is 9.53. The quantitative estimate of drug-likeness (QED) is 0.786. The lowest BCUT2D eigenvalue weighted by Crippen LogP contribution is -2.40. The van der Waals surface area contributed by atoms with E-state index in [4.69, 9.17) is 0 Å². The number of carbonyl (C=O) groups is 2. The van der Waals surface area contributed by atoms with Crippen LogP contribution in [0.4, 0.5) is 5.69 Å². The van der Waals surface area contributed by atoms with Crippen molar-refractivity contribution >= 4 is 27.4 Å². The smallest absolute Gasteiger partial charge is 0.261 e. The van der Waals surface area contributed by atoms with E-state index in [-0.39, 0.29) is 22.1 Å². The summed E-state index contributed by atoms with van der Waals surface area (Å²) in [6, 6.07) is 11.9. The molecule has 0 aliphatic heterocycles. The molecule has 6 nitrogen and oxygen atoms in total. The van der Waals surface area contributed by atoms with E-state index in [0.29, 0.717) is 16.8 Å². The molecular weight excluding hydrogens is 352 g/mol. The number of sulfonamides is 1. The molecule has 2 N–H and O–H groups in total. The molecular formula is C19H22N2O4S. The lowest BCUT2D eigenvalue weighted by atomic mass is 10.1. The standard InChI is InChI=1S/C19H22N2O4S/c1-13(22)15-6-5-7-16(12-15)21-26(24,25)17-10-8-14(9-11-17)18(23)20-19(2,3)4/h5-12,21H,1-4H3,(H,20,23). The highest BCUT2D eigenvalue weighted by Gasteiger charge is 2.18. The molecule has 0 atom stereocenters. The molecule has 0 saturated carbocycles. The molecule has 1 amide bonds. The summed E-state index contributed by atoms with van der Waals surface area (Å²) in [4.78, 5) is 23.5. The second kappa shape index (κ2) is 7.29. The van der Waals surface area contributed by atoms with Gasteiger partial charge in [0.2, 0.25) is 0 Å². The molecule has 7 heteroatoms. The van der Waals surface area contributed by atoms with Crippen LogP contribution in [-0.4, -0.2) is 25.6 Å². The maximum absolute atomic E-state index is 12.5. The highest BCUT2D eigenvalue weighted by atomic mass is 32.2. The van der Waals surface area contributed by atoms with E-state index < -0.39 is 10.0 Å². The number of amides is 1. The number of benzene rings is 2. The van der Waals surface area contributed by atoms with Gasteiger partial charge in [-0.15, -0.1) is 0 Å². The van der Waals surface area contributed by atoms with Crippen LogP contribution in [0.3, 0.4) is 0 Å². The van der Waals surface area contributed by atoms with Crippen molar-refractivity contribution in [2.24, 2.45) is 0 Å².